The van der Waals surface area contributed by atoms with E-state index in [4.69, 9.17) is 10.5 Å². The van der Waals surface area contributed by atoms with Crippen LogP contribution < -0.4 is 10.5 Å². The van der Waals surface area contributed by atoms with Gasteiger partial charge in [0.15, 0.2) is 0 Å². The van der Waals surface area contributed by atoms with Gasteiger partial charge in [0.05, 0.1) is 5.69 Å². The Balaban J connectivity index is 2.03. The van der Waals surface area contributed by atoms with Crippen LogP contribution in [0.15, 0.2) is 71.7 Å². The standard InChI is InChI=1S/C18H14BrNO/c1-12(21-18-9-5-4-8-17(18)20)13-10-11-16(19)15-7-3-2-6-14(13)15/h2-11H,1,20H2. The van der Waals surface area contributed by atoms with Crippen LogP contribution >= 0.6 is 15.9 Å². The molecule has 0 aliphatic carbocycles. The fourth-order valence-electron chi connectivity index (χ4n) is 2.27. The number of nitrogen functional groups attached to an aromatic ring is 1. The Morgan fingerprint density at radius 3 is 2.33 bits per heavy atom. The summed E-state index contributed by atoms with van der Waals surface area (Å²) in [4.78, 5) is 0. The molecule has 0 radical (unpaired) electrons. The lowest BCUT2D eigenvalue weighted by atomic mass is 10.0. The average Bonchev–Trinajstić information content (AvgIpc) is 2.50. The lowest BCUT2D eigenvalue weighted by molar-refractivity contribution is 0.520. The second-order valence-corrected chi connectivity index (χ2v) is 5.56. The maximum absolute atomic E-state index is 5.91. The van der Waals surface area contributed by atoms with Crippen LogP contribution in [0.3, 0.4) is 0 Å². The molecule has 21 heavy (non-hydrogen) atoms. The number of anilines is 1. The van der Waals surface area contributed by atoms with E-state index in [0.29, 0.717) is 17.2 Å². The molecule has 104 valence electrons. The molecule has 0 heterocycles. The second-order valence-electron chi connectivity index (χ2n) is 4.70. The summed E-state index contributed by atoms with van der Waals surface area (Å²) in [6.07, 6.45) is 0. The van der Waals surface area contributed by atoms with Crippen molar-refractivity contribution >= 4 is 38.1 Å². The van der Waals surface area contributed by atoms with Crippen LogP contribution in [0.2, 0.25) is 0 Å². The summed E-state index contributed by atoms with van der Waals surface area (Å²) in [7, 11) is 0. The van der Waals surface area contributed by atoms with Crippen molar-refractivity contribution in [3.05, 3.63) is 77.3 Å². The maximum Gasteiger partial charge on any atom is 0.150 e. The summed E-state index contributed by atoms with van der Waals surface area (Å²) in [5.74, 6) is 1.20. The molecule has 0 aromatic heterocycles. The molecule has 3 aromatic rings. The molecule has 0 fully saturated rings. The summed E-state index contributed by atoms with van der Waals surface area (Å²) >= 11 is 3.57. The number of para-hydroxylation sites is 2. The third-order valence-corrected chi connectivity index (χ3v) is 4.01. The summed E-state index contributed by atoms with van der Waals surface area (Å²) in [6, 6.07) is 19.5. The van der Waals surface area contributed by atoms with Gasteiger partial charge in [-0.05, 0) is 35.0 Å². The summed E-state index contributed by atoms with van der Waals surface area (Å²) in [5.41, 5.74) is 7.46. The molecule has 0 spiro atoms. The van der Waals surface area contributed by atoms with E-state index in [1.165, 1.54) is 0 Å². The van der Waals surface area contributed by atoms with Gasteiger partial charge in [-0.2, -0.15) is 0 Å². The van der Waals surface area contributed by atoms with Gasteiger partial charge in [0.1, 0.15) is 11.5 Å². The monoisotopic (exact) mass is 339 g/mol. The lowest BCUT2D eigenvalue weighted by Gasteiger charge is -2.13. The molecule has 0 unspecified atom stereocenters. The van der Waals surface area contributed by atoms with Crippen molar-refractivity contribution in [3.63, 3.8) is 0 Å². The average molecular weight is 340 g/mol. The van der Waals surface area contributed by atoms with Gasteiger partial charge in [0.25, 0.3) is 0 Å². The summed E-state index contributed by atoms with van der Waals surface area (Å²) in [6.45, 7) is 4.05. The largest absolute Gasteiger partial charge is 0.455 e. The molecule has 0 atom stereocenters. The predicted molar refractivity (Wildman–Crippen MR) is 92.2 cm³/mol. The zero-order valence-corrected chi connectivity index (χ0v) is 12.9. The van der Waals surface area contributed by atoms with E-state index in [-0.39, 0.29) is 0 Å². The Kier molecular flexibility index (Phi) is 3.67. The second kappa shape index (κ2) is 5.62. The van der Waals surface area contributed by atoms with E-state index >= 15 is 0 Å². The molecule has 3 aromatic carbocycles. The van der Waals surface area contributed by atoms with Crippen molar-refractivity contribution in [1.82, 2.24) is 0 Å². The van der Waals surface area contributed by atoms with Crippen molar-refractivity contribution < 1.29 is 4.74 Å². The highest BCUT2D eigenvalue weighted by Gasteiger charge is 2.10. The minimum absolute atomic E-state index is 0.580. The first kappa shape index (κ1) is 13.7. The Labute approximate surface area is 132 Å². The van der Waals surface area contributed by atoms with E-state index in [2.05, 4.69) is 34.6 Å². The molecule has 0 bridgehead atoms. The van der Waals surface area contributed by atoms with Gasteiger partial charge in [-0.15, -0.1) is 0 Å². The Hall–Kier alpha value is -2.26. The van der Waals surface area contributed by atoms with Crippen molar-refractivity contribution in [2.24, 2.45) is 0 Å². The van der Waals surface area contributed by atoms with Crippen molar-refractivity contribution in [2.45, 2.75) is 0 Å². The van der Waals surface area contributed by atoms with Crippen molar-refractivity contribution in [2.75, 3.05) is 5.73 Å². The third kappa shape index (κ3) is 2.65. The van der Waals surface area contributed by atoms with Gasteiger partial charge >= 0.3 is 0 Å². The molecular weight excluding hydrogens is 326 g/mol. The highest BCUT2D eigenvalue weighted by molar-refractivity contribution is 9.10. The fraction of sp³-hybridized carbons (Fsp3) is 0. The van der Waals surface area contributed by atoms with E-state index in [1.54, 1.807) is 0 Å². The van der Waals surface area contributed by atoms with Gasteiger partial charge in [-0.25, -0.2) is 0 Å². The minimum atomic E-state index is 0.580. The Morgan fingerprint density at radius 2 is 1.57 bits per heavy atom. The number of hydrogen-bond acceptors (Lipinski definition) is 2. The zero-order valence-electron chi connectivity index (χ0n) is 11.3. The molecule has 0 amide bonds. The summed E-state index contributed by atoms with van der Waals surface area (Å²) in [5, 5.41) is 2.21. The van der Waals surface area contributed by atoms with Crippen LogP contribution in [0, 0.1) is 0 Å². The molecule has 3 heteroatoms. The topological polar surface area (TPSA) is 35.2 Å². The first-order valence-electron chi connectivity index (χ1n) is 6.55. The molecule has 2 N–H and O–H groups in total. The van der Waals surface area contributed by atoms with Crippen LogP contribution in [0.5, 0.6) is 5.75 Å². The number of nitrogens with two attached hydrogens (primary N) is 1. The molecule has 0 aliphatic heterocycles. The number of ether oxygens (including phenoxy) is 1. The van der Waals surface area contributed by atoms with Crippen molar-refractivity contribution in [3.8, 4) is 5.75 Å². The quantitative estimate of drug-likeness (QED) is 0.523. The van der Waals surface area contributed by atoms with Crippen LogP contribution in [-0.4, -0.2) is 0 Å². The number of halogens is 1. The highest BCUT2D eigenvalue weighted by atomic mass is 79.9. The Morgan fingerprint density at radius 1 is 0.905 bits per heavy atom. The molecule has 0 saturated heterocycles. The molecule has 0 aliphatic rings. The van der Waals surface area contributed by atoms with E-state index < -0.39 is 0 Å². The maximum atomic E-state index is 5.91. The fourth-order valence-corrected chi connectivity index (χ4v) is 2.74. The van der Waals surface area contributed by atoms with Gasteiger partial charge < -0.3 is 10.5 Å². The number of rotatable bonds is 3. The lowest BCUT2D eigenvalue weighted by Crippen LogP contribution is -1.97. The smallest absolute Gasteiger partial charge is 0.150 e. The first-order chi connectivity index (χ1) is 10.2. The first-order valence-corrected chi connectivity index (χ1v) is 7.35. The predicted octanol–water partition coefficient (Wildman–Crippen LogP) is 5.23. The SMILES string of the molecule is C=C(Oc1ccccc1N)c1ccc(Br)c2ccccc12. The number of benzene rings is 3. The van der Waals surface area contributed by atoms with Crippen LogP contribution in [0.25, 0.3) is 16.5 Å². The molecule has 0 saturated carbocycles. The number of fused-ring (bicyclic) bond motifs is 1. The van der Waals surface area contributed by atoms with Gasteiger partial charge in [-0.3, -0.25) is 0 Å². The van der Waals surface area contributed by atoms with Gasteiger partial charge in [0, 0.05) is 10.0 Å². The third-order valence-electron chi connectivity index (χ3n) is 3.32. The van der Waals surface area contributed by atoms with Crippen molar-refractivity contribution in [1.29, 1.82) is 0 Å². The van der Waals surface area contributed by atoms with E-state index in [9.17, 15) is 0 Å². The van der Waals surface area contributed by atoms with Crippen LogP contribution in [0.1, 0.15) is 5.56 Å². The van der Waals surface area contributed by atoms with Gasteiger partial charge in [0.2, 0.25) is 0 Å². The number of hydrogen-bond donors (Lipinski definition) is 1. The highest BCUT2D eigenvalue weighted by Crippen LogP contribution is 2.32. The molecule has 3 rings (SSSR count). The van der Waals surface area contributed by atoms with Crippen LogP contribution in [0.4, 0.5) is 5.69 Å². The summed E-state index contributed by atoms with van der Waals surface area (Å²) < 4.78 is 6.89. The zero-order chi connectivity index (χ0) is 14.8. The normalized spacial score (nSPS) is 10.5. The van der Waals surface area contributed by atoms with E-state index in [0.717, 1.165) is 20.8 Å². The Bertz CT molecular complexity index is 826. The van der Waals surface area contributed by atoms with Crippen LogP contribution in [-0.2, 0) is 0 Å². The molecular formula is C18H14BrNO. The van der Waals surface area contributed by atoms with E-state index in [1.807, 2.05) is 48.5 Å². The molecule has 2 nitrogen and oxygen atoms in total. The van der Waals surface area contributed by atoms with Gasteiger partial charge in [-0.1, -0.05) is 58.9 Å². The minimum Gasteiger partial charge on any atom is -0.455 e.